The number of para-hydroxylation sites is 1. The molecule has 1 amide bonds. The highest BCUT2D eigenvalue weighted by atomic mass is 16.3. The highest BCUT2D eigenvalue weighted by Gasteiger charge is 2.30. The molecule has 104 valence electrons. The average Bonchev–Trinajstić information content (AvgIpc) is 3.16. The standard InChI is InChI=1S/C15H17N3O2/c19-10-13-7-4-8-17(13)15(20)14-9-16-11-18(14)12-5-2-1-3-6-12/h1-3,5-6,9,11,13,19H,4,7-8,10H2. The maximum absolute atomic E-state index is 12.6. The van der Waals surface area contributed by atoms with Crippen LogP contribution in [0.1, 0.15) is 23.3 Å². The van der Waals surface area contributed by atoms with E-state index < -0.39 is 0 Å². The maximum atomic E-state index is 12.6. The van der Waals surface area contributed by atoms with E-state index in [1.54, 1.807) is 22.0 Å². The molecule has 1 unspecified atom stereocenters. The summed E-state index contributed by atoms with van der Waals surface area (Å²) in [5, 5.41) is 9.35. The second-order valence-electron chi connectivity index (χ2n) is 4.96. The van der Waals surface area contributed by atoms with Gasteiger partial charge in [-0.3, -0.25) is 9.36 Å². The van der Waals surface area contributed by atoms with E-state index >= 15 is 0 Å². The van der Waals surface area contributed by atoms with Crippen LogP contribution >= 0.6 is 0 Å². The zero-order valence-electron chi connectivity index (χ0n) is 11.1. The first-order chi connectivity index (χ1) is 9.81. The van der Waals surface area contributed by atoms with Crippen molar-refractivity contribution < 1.29 is 9.90 Å². The molecule has 1 N–H and O–H groups in total. The molecule has 1 fully saturated rings. The number of imidazole rings is 1. The number of aromatic nitrogens is 2. The third-order valence-electron chi connectivity index (χ3n) is 3.74. The first kappa shape index (κ1) is 12.9. The second kappa shape index (κ2) is 5.46. The van der Waals surface area contributed by atoms with Gasteiger partial charge in [0.2, 0.25) is 0 Å². The normalized spacial score (nSPS) is 18.4. The number of aliphatic hydroxyl groups is 1. The Kier molecular flexibility index (Phi) is 3.52. The van der Waals surface area contributed by atoms with E-state index in [1.165, 1.54) is 0 Å². The van der Waals surface area contributed by atoms with Gasteiger partial charge in [-0.1, -0.05) is 18.2 Å². The topological polar surface area (TPSA) is 58.4 Å². The summed E-state index contributed by atoms with van der Waals surface area (Å²) in [6, 6.07) is 9.59. The van der Waals surface area contributed by atoms with E-state index in [1.807, 2.05) is 30.3 Å². The van der Waals surface area contributed by atoms with Gasteiger partial charge in [0.25, 0.3) is 5.91 Å². The number of aliphatic hydroxyl groups excluding tert-OH is 1. The van der Waals surface area contributed by atoms with Crippen LogP contribution in [0.3, 0.4) is 0 Å². The predicted octanol–water partition coefficient (Wildman–Crippen LogP) is 1.47. The second-order valence-corrected chi connectivity index (χ2v) is 4.96. The minimum Gasteiger partial charge on any atom is -0.394 e. The lowest BCUT2D eigenvalue weighted by atomic mass is 10.2. The van der Waals surface area contributed by atoms with Gasteiger partial charge in [-0.25, -0.2) is 4.98 Å². The highest BCUT2D eigenvalue weighted by molar-refractivity contribution is 5.93. The van der Waals surface area contributed by atoms with Crippen molar-refractivity contribution in [1.82, 2.24) is 14.5 Å². The quantitative estimate of drug-likeness (QED) is 0.919. The maximum Gasteiger partial charge on any atom is 0.272 e. The van der Waals surface area contributed by atoms with Crippen molar-refractivity contribution in [3.8, 4) is 5.69 Å². The van der Waals surface area contributed by atoms with Gasteiger partial charge < -0.3 is 10.0 Å². The lowest BCUT2D eigenvalue weighted by Crippen LogP contribution is -2.38. The van der Waals surface area contributed by atoms with Gasteiger partial charge in [-0.2, -0.15) is 0 Å². The molecule has 0 saturated carbocycles. The van der Waals surface area contributed by atoms with Crippen LogP contribution in [0.5, 0.6) is 0 Å². The zero-order chi connectivity index (χ0) is 13.9. The molecule has 1 aromatic heterocycles. The average molecular weight is 271 g/mol. The van der Waals surface area contributed by atoms with Crippen molar-refractivity contribution in [3.63, 3.8) is 0 Å². The van der Waals surface area contributed by atoms with Crippen molar-refractivity contribution >= 4 is 5.91 Å². The molecule has 0 spiro atoms. The molecule has 0 radical (unpaired) electrons. The monoisotopic (exact) mass is 271 g/mol. The van der Waals surface area contributed by atoms with Crippen LogP contribution < -0.4 is 0 Å². The van der Waals surface area contributed by atoms with Crippen LogP contribution in [-0.2, 0) is 0 Å². The molecule has 2 aromatic rings. The number of hydrogen-bond acceptors (Lipinski definition) is 3. The molecule has 1 aliphatic rings. The SMILES string of the molecule is O=C(c1cncn1-c1ccccc1)N1CCCC1CO. The molecule has 20 heavy (non-hydrogen) atoms. The summed E-state index contributed by atoms with van der Waals surface area (Å²) >= 11 is 0. The Balaban J connectivity index is 1.92. The number of amides is 1. The number of carbonyl (C=O) groups is 1. The molecule has 1 saturated heterocycles. The number of hydrogen-bond donors (Lipinski definition) is 1. The minimum absolute atomic E-state index is 0.0191. The molecule has 0 bridgehead atoms. The lowest BCUT2D eigenvalue weighted by Gasteiger charge is -2.23. The summed E-state index contributed by atoms with van der Waals surface area (Å²) in [5.41, 5.74) is 1.45. The van der Waals surface area contributed by atoms with Gasteiger partial charge in [-0.05, 0) is 25.0 Å². The Labute approximate surface area is 117 Å². The number of carbonyl (C=O) groups excluding carboxylic acids is 1. The van der Waals surface area contributed by atoms with Gasteiger partial charge >= 0.3 is 0 Å². The third-order valence-corrected chi connectivity index (χ3v) is 3.74. The molecule has 1 aliphatic heterocycles. The number of benzene rings is 1. The smallest absolute Gasteiger partial charge is 0.272 e. The van der Waals surface area contributed by atoms with E-state index in [4.69, 9.17) is 0 Å². The van der Waals surface area contributed by atoms with Crippen LogP contribution in [0.15, 0.2) is 42.9 Å². The zero-order valence-corrected chi connectivity index (χ0v) is 11.1. The van der Waals surface area contributed by atoms with E-state index in [0.717, 1.165) is 18.5 Å². The summed E-state index contributed by atoms with van der Waals surface area (Å²) < 4.78 is 1.79. The largest absolute Gasteiger partial charge is 0.394 e. The first-order valence-electron chi connectivity index (χ1n) is 6.81. The molecule has 0 aliphatic carbocycles. The third kappa shape index (κ3) is 2.20. The van der Waals surface area contributed by atoms with E-state index in [9.17, 15) is 9.90 Å². The predicted molar refractivity (Wildman–Crippen MR) is 74.7 cm³/mol. The number of rotatable bonds is 3. The van der Waals surface area contributed by atoms with Crippen molar-refractivity contribution in [3.05, 3.63) is 48.5 Å². The Morgan fingerprint density at radius 3 is 2.90 bits per heavy atom. The van der Waals surface area contributed by atoms with Crippen molar-refractivity contribution in [2.75, 3.05) is 13.2 Å². The highest BCUT2D eigenvalue weighted by Crippen LogP contribution is 2.21. The summed E-state index contributed by atoms with van der Waals surface area (Å²) in [6.45, 7) is 0.718. The Hall–Kier alpha value is -2.14. The molecule has 2 heterocycles. The van der Waals surface area contributed by atoms with Crippen LogP contribution in [0.4, 0.5) is 0 Å². The van der Waals surface area contributed by atoms with Gasteiger partial charge in [0.05, 0.1) is 25.2 Å². The summed E-state index contributed by atoms with van der Waals surface area (Å²) in [7, 11) is 0. The number of likely N-dealkylation sites (tertiary alicyclic amines) is 1. The van der Waals surface area contributed by atoms with E-state index in [2.05, 4.69) is 4.98 Å². The molecule has 3 rings (SSSR count). The lowest BCUT2D eigenvalue weighted by molar-refractivity contribution is 0.0669. The molecular weight excluding hydrogens is 254 g/mol. The number of nitrogens with zero attached hydrogens (tertiary/aromatic N) is 3. The summed E-state index contributed by atoms with van der Waals surface area (Å²) in [6.07, 6.45) is 5.03. The molecule has 1 atom stereocenters. The van der Waals surface area contributed by atoms with Gasteiger partial charge in [0.1, 0.15) is 5.69 Å². The first-order valence-corrected chi connectivity index (χ1v) is 6.81. The molecule has 5 nitrogen and oxygen atoms in total. The van der Waals surface area contributed by atoms with Crippen LogP contribution in [-0.4, -0.2) is 44.7 Å². The van der Waals surface area contributed by atoms with Crippen LogP contribution in [0.25, 0.3) is 5.69 Å². The fourth-order valence-electron chi connectivity index (χ4n) is 2.69. The summed E-state index contributed by atoms with van der Waals surface area (Å²) in [4.78, 5) is 18.5. The molecular formula is C15H17N3O2. The van der Waals surface area contributed by atoms with E-state index in [-0.39, 0.29) is 18.6 Å². The van der Waals surface area contributed by atoms with Crippen molar-refractivity contribution in [2.24, 2.45) is 0 Å². The van der Waals surface area contributed by atoms with Gasteiger partial charge in [0.15, 0.2) is 0 Å². The Morgan fingerprint density at radius 1 is 1.35 bits per heavy atom. The Bertz CT molecular complexity index is 594. The minimum atomic E-state index is -0.0679. The Morgan fingerprint density at radius 2 is 2.15 bits per heavy atom. The van der Waals surface area contributed by atoms with Crippen LogP contribution in [0.2, 0.25) is 0 Å². The van der Waals surface area contributed by atoms with Gasteiger partial charge in [0, 0.05) is 12.2 Å². The van der Waals surface area contributed by atoms with Crippen molar-refractivity contribution in [1.29, 1.82) is 0 Å². The molecule has 5 heteroatoms. The fraction of sp³-hybridized carbons (Fsp3) is 0.333. The van der Waals surface area contributed by atoms with Gasteiger partial charge in [-0.15, -0.1) is 0 Å². The van der Waals surface area contributed by atoms with Crippen LogP contribution in [0, 0.1) is 0 Å². The van der Waals surface area contributed by atoms with E-state index in [0.29, 0.717) is 12.2 Å². The van der Waals surface area contributed by atoms with Crippen molar-refractivity contribution in [2.45, 2.75) is 18.9 Å². The molecule has 1 aromatic carbocycles. The fourth-order valence-corrected chi connectivity index (χ4v) is 2.69. The summed E-state index contributed by atoms with van der Waals surface area (Å²) in [5.74, 6) is -0.0668.